The van der Waals surface area contributed by atoms with Crippen LogP contribution in [0.1, 0.15) is 51.0 Å². The van der Waals surface area contributed by atoms with E-state index in [1.54, 1.807) is 0 Å². The van der Waals surface area contributed by atoms with Gasteiger partial charge in [-0.25, -0.2) is 13.4 Å². The number of nitrogens with one attached hydrogen (secondary N) is 1. The Bertz CT molecular complexity index is 879. The van der Waals surface area contributed by atoms with Crippen LogP contribution in [0.3, 0.4) is 0 Å². The van der Waals surface area contributed by atoms with Gasteiger partial charge in [-0.3, -0.25) is 9.59 Å². The molecule has 27 heavy (non-hydrogen) atoms. The molecule has 0 radical (unpaired) electrons. The second kappa shape index (κ2) is 7.80. The summed E-state index contributed by atoms with van der Waals surface area (Å²) in [5, 5.41) is 8.35. The number of para-hydroxylation sites is 1. The fourth-order valence-electron chi connectivity index (χ4n) is 3.44. The predicted octanol–water partition coefficient (Wildman–Crippen LogP) is 2.30. The molecular formula is C19H25N3O4S. The van der Waals surface area contributed by atoms with Crippen LogP contribution in [-0.4, -0.2) is 48.5 Å². The van der Waals surface area contributed by atoms with Crippen LogP contribution in [-0.2, 0) is 19.4 Å². The second-order valence-electron chi connectivity index (χ2n) is 7.19. The number of carbonyl (C=O) groups is 2. The van der Waals surface area contributed by atoms with Gasteiger partial charge in [0.05, 0.1) is 17.5 Å². The third-order valence-electron chi connectivity index (χ3n) is 5.23. The first-order valence-corrected chi connectivity index (χ1v) is 11.1. The average molecular weight is 391 g/mol. The molecule has 0 saturated carbocycles. The average Bonchev–Trinajstić information content (AvgIpc) is 3.01. The smallest absolute Gasteiger partial charge is 0.271 e. The number of hydrogen-bond donors (Lipinski definition) is 1. The second-order valence-corrected chi connectivity index (χ2v) is 9.42. The van der Waals surface area contributed by atoms with Gasteiger partial charge in [0.25, 0.3) is 5.91 Å². The highest BCUT2D eigenvalue weighted by Gasteiger charge is 2.37. The summed E-state index contributed by atoms with van der Waals surface area (Å²) in [4.78, 5) is 24.9. The first-order valence-electron chi connectivity index (χ1n) is 9.31. The van der Waals surface area contributed by atoms with E-state index >= 15 is 0 Å². The van der Waals surface area contributed by atoms with E-state index in [-0.39, 0.29) is 41.9 Å². The molecule has 0 bridgehead atoms. The van der Waals surface area contributed by atoms with Gasteiger partial charge in [0.2, 0.25) is 5.91 Å². The monoisotopic (exact) mass is 391 g/mol. The van der Waals surface area contributed by atoms with Crippen molar-refractivity contribution in [2.24, 2.45) is 5.10 Å². The lowest BCUT2D eigenvalue weighted by atomic mass is 9.96. The first kappa shape index (κ1) is 19.5. The Kier molecular flexibility index (Phi) is 5.64. The molecule has 1 aromatic carbocycles. The molecule has 1 saturated heterocycles. The van der Waals surface area contributed by atoms with Crippen LogP contribution in [0.4, 0.5) is 5.69 Å². The van der Waals surface area contributed by atoms with E-state index in [0.29, 0.717) is 12.3 Å². The molecule has 2 aliphatic rings. The molecular weight excluding hydrogens is 366 g/mol. The number of sulfone groups is 1. The first-order chi connectivity index (χ1) is 12.8. The summed E-state index contributed by atoms with van der Waals surface area (Å²) in [6.07, 6.45) is 1.73. The lowest BCUT2D eigenvalue weighted by Gasteiger charge is -2.27. The number of nitrogens with zero attached hydrogens (tertiary/aromatic N) is 2. The van der Waals surface area contributed by atoms with Crippen LogP contribution in [0.5, 0.6) is 0 Å². The summed E-state index contributed by atoms with van der Waals surface area (Å²) in [6.45, 7) is 4.19. The number of rotatable bonds is 5. The lowest BCUT2D eigenvalue weighted by Crippen LogP contribution is -2.42. The third kappa shape index (κ3) is 4.37. The minimum Gasteiger partial charge on any atom is -0.321 e. The number of hydrogen-bond acceptors (Lipinski definition) is 5. The molecule has 1 fully saturated rings. The van der Waals surface area contributed by atoms with Crippen molar-refractivity contribution in [3.8, 4) is 0 Å². The Hall–Kier alpha value is -2.22. The van der Waals surface area contributed by atoms with Crippen molar-refractivity contribution in [1.29, 1.82) is 0 Å². The highest BCUT2D eigenvalue weighted by atomic mass is 32.2. The number of carbonyl (C=O) groups excluding carboxylic acids is 2. The molecule has 3 rings (SSSR count). The van der Waals surface area contributed by atoms with Crippen LogP contribution in [0.25, 0.3) is 0 Å². The van der Waals surface area contributed by atoms with Crippen LogP contribution < -0.4 is 5.32 Å². The van der Waals surface area contributed by atoms with Crippen molar-refractivity contribution in [3.63, 3.8) is 0 Å². The molecule has 0 spiro atoms. The van der Waals surface area contributed by atoms with E-state index in [4.69, 9.17) is 0 Å². The zero-order chi connectivity index (χ0) is 19.6. The van der Waals surface area contributed by atoms with Gasteiger partial charge in [-0.15, -0.1) is 0 Å². The standard InChI is InChI=1S/C19H25N3O4S/c1-3-13(2)15-6-4-5-7-16(15)20-19(24)17-8-9-18(23)22(21-17)14-10-11-27(25,26)12-14/h4-7,13-14H,3,8-12H2,1-2H3,(H,20,24)/t13-,14+/m0/s1. The quantitative estimate of drug-likeness (QED) is 0.833. The maximum atomic E-state index is 12.7. The molecule has 2 amide bonds. The van der Waals surface area contributed by atoms with Crippen LogP contribution in [0, 0.1) is 0 Å². The van der Waals surface area contributed by atoms with Gasteiger partial charge in [-0.05, 0) is 30.4 Å². The van der Waals surface area contributed by atoms with Crippen molar-refractivity contribution in [1.82, 2.24) is 5.01 Å². The summed E-state index contributed by atoms with van der Waals surface area (Å²) < 4.78 is 23.4. The Labute approximate surface area is 159 Å². The predicted molar refractivity (Wildman–Crippen MR) is 104 cm³/mol. The van der Waals surface area contributed by atoms with Crippen molar-refractivity contribution >= 4 is 33.1 Å². The van der Waals surface area contributed by atoms with Crippen LogP contribution in [0.15, 0.2) is 29.4 Å². The maximum absolute atomic E-state index is 12.7. The van der Waals surface area contributed by atoms with Crippen molar-refractivity contribution in [3.05, 3.63) is 29.8 Å². The Morgan fingerprint density at radius 1 is 1.33 bits per heavy atom. The Morgan fingerprint density at radius 3 is 2.74 bits per heavy atom. The number of anilines is 1. The molecule has 0 aromatic heterocycles. The van der Waals surface area contributed by atoms with Gasteiger partial charge in [0, 0.05) is 18.5 Å². The highest BCUT2D eigenvalue weighted by Crippen LogP contribution is 2.27. The summed E-state index contributed by atoms with van der Waals surface area (Å²) in [5.41, 5.74) is 2.06. The van der Waals surface area contributed by atoms with E-state index in [2.05, 4.69) is 24.3 Å². The third-order valence-corrected chi connectivity index (χ3v) is 6.98. The maximum Gasteiger partial charge on any atom is 0.271 e. The number of hydrazone groups is 1. The fourth-order valence-corrected chi connectivity index (χ4v) is 5.14. The molecule has 8 heteroatoms. The van der Waals surface area contributed by atoms with Crippen LogP contribution >= 0.6 is 0 Å². The van der Waals surface area contributed by atoms with E-state index in [9.17, 15) is 18.0 Å². The largest absolute Gasteiger partial charge is 0.321 e. The van der Waals surface area contributed by atoms with Crippen LogP contribution in [0.2, 0.25) is 0 Å². The van der Waals surface area contributed by atoms with E-state index in [0.717, 1.165) is 17.7 Å². The molecule has 2 aliphatic heterocycles. The number of amides is 2. The zero-order valence-corrected chi connectivity index (χ0v) is 16.5. The molecule has 146 valence electrons. The lowest BCUT2D eigenvalue weighted by molar-refractivity contribution is -0.133. The fraction of sp³-hybridized carbons (Fsp3) is 0.526. The molecule has 1 aromatic rings. The number of benzene rings is 1. The highest BCUT2D eigenvalue weighted by molar-refractivity contribution is 7.91. The normalized spacial score (nSPS) is 23.0. The van der Waals surface area contributed by atoms with Gasteiger partial charge >= 0.3 is 0 Å². The molecule has 2 atom stereocenters. The molecule has 0 aliphatic carbocycles. The molecule has 7 nitrogen and oxygen atoms in total. The summed E-state index contributed by atoms with van der Waals surface area (Å²) in [7, 11) is -3.14. The minimum atomic E-state index is -3.14. The van der Waals surface area contributed by atoms with E-state index in [1.807, 2.05) is 24.3 Å². The molecule has 1 N–H and O–H groups in total. The van der Waals surface area contributed by atoms with Gasteiger partial charge in [0.15, 0.2) is 9.84 Å². The van der Waals surface area contributed by atoms with E-state index < -0.39 is 15.9 Å². The van der Waals surface area contributed by atoms with E-state index in [1.165, 1.54) is 5.01 Å². The summed E-state index contributed by atoms with van der Waals surface area (Å²) in [6, 6.07) is 7.18. The van der Waals surface area contributed by atoms with Crippen molar-refractivity contribution in [2.45, 2.75) is 51.5 Å². The zero-order valence-electron chi connectivity index (χ0n) is 15.6. The van der Waals surface area contributed by atoms with Gasteiger partial charge in [-0.1, -0.05) is 32.0 Å². The molecule has 0 unspecified atom stereocenters. The van der Waals surface area contributed by atoms with Crippen molar-refractivity contribution in [2.75, 3.05) is 16.8 Å². The summed E-state index contributed by atoms with van der Waals surface area (Å²) >= 11 is 0. The van der Waals surface area contributed by atoms with Gasteiger partial charge in [0.1, 0.15) is 5.71 Å². The summed E-state index contributed by atoms with van der Waals surface area (Å²) in [5.74, 6) is -0.302. The Morgan fingerprint density at radius 2 is 2.07 bits per heavy atom. The van der Waals surface area contributed by atoms with Gasteiger partial charge < -0.3 is 5.32 Å². The minimum absolute atomic E-state index is 0.0563. The Balaban J connectivity index is 1.79. The molecule has 2 heterocycles. The van der Waals surface area contributed by atoms with Crippen molar-refractivity contribution < 1.29 is 18.0 Å². The SMILES string of the molecule is CC[C@H](C)c1ccccc1NC(=O)C1=NN([C@@H]2CCS(=O)(=O)C2)C(=O)CC1. The topological polar surface area (TPSA) is 95.9 Å². The van der Waals surface area contributed by atoms with Gasteiger partial charge in [-0.2, -0.15) is 5.10 Å².